The molecule has 120 valence electrons. The molecule has 0 N–H and O–H groups in total. The Balaban J connectivity index is 1.49. The molecular weight excluding hydrogens is 308 g/mol. The number of ether oxygens (including phenoxy) is 1. The third-order valence-electron chi connectivity index (χ3n) is 3.97. The largest absolute Gasteiger partial charge is 0.457 e. The number of pyridine rings is 2. The van der Waals surface area contributed by atoms with Crippen LogP contribution >= 0.6 is 0 Å². The number of rotatable bonds is 4. The minimum absolute atomic E-state index is 0.814. The van der Waals surface area contributed by atoms with Crippen LogP contribution in [0.3, 0.4) is 0 Å². The SMILES string of the molecule is c1cc(-c2ccc(Oc3ccc(-c4ccncc4)cc3)cc2)ccn1. The maximum absolute atomic E-state index is 5.94. The van der Waals surface area contributed by atoms with Crippen molar-refractivity contribution in [3.63, 3.8) is 0 Å². The van der Waals surface area contributed by atoms with E-state index in [-0.39, 0.29) is 0 Å². The Morgan fingerprint density at radius 2 is 0.720 bits per heavy atom. The van der Waals surface area contributed by atoms with E-state index in [9.17, 15) is 0 Å². The molecule has 25 heavy (non-hydrogen) atoms. The lowest BCUT2D eigenvalue weighted by Crippen LogP contribution is -1.85. The molecular formula is C22H16N2O. The summed E-state index contributed by atoms with van der Waals surface area (Å²) >= 11 is 0. The standard InChI is InChI=1S/C22H16N2O/c1-5-21(6-2-17(1)19-9-13-23-14-10-19)25-22-7-3-18(4-8-22)20-11-15-24-16-12-20/h1-16H. The van der Waals surface area contributed by atoms with Crippen molar-refractivity contribution in [1.29, 1.82) is 0 Å². The van der Waals surface area contributed by atoms with Gasteiger partial charge in [0, 0.05) is 24.8 Å². The highest BCUT2D eigenvalue weighted by Gasteiger charge is 2.01. The van der Waals surface area contributed by atoms with E-state index >= 15 is 0 Å². The maximum Gasteiger partial charge on any atom is 0.127 e. The summed E-state index contributed by atoms with van der Waals surface area (Å²) in [7, 11) is 0. The van der Waals surface area contributed by atoms with Crippen LogP contribution in [0.4, 0.5) is 0 Å². The van der Waals surface area contributed by atoms with Gasteiger partial charge in [0.2, 0.25) is 0 Å². The van der Waals surface area contributed by atoms with E-state index < -0.39 is 0 Å². The molecule has 0 spiro atoms. The molecule has 0 radical (unpaired) electrons. The molecule has 0 amide bonds. The van der Waals surface area contributed by atoms with Crippen LogP contribution in [0.15, 0.2) is 97.6 Å². The topological polar surface area (TPSA) is 35.0 Å². The molecule has 0 aliphatic rings. The molecule has 2 heterocycles. The number of hydrogen-bond donors (Lipinski definition) is 0. The fourth-order valence-corrected chi connectivity index (χ4v) is 2.66. The van der Waals surface area contributed by atoms with Crippen molar-refractivity contribution in [3.05, 3.63) is 97.6 Å². The Hall–Kier alpha value is -3.46. The molecule has 4 rings (SSSR count). The molecule has 0 saturated carbocycles. The van der Waals surface area contributed by atoms with Gasteiger partial charge >= 0.3 is 0 Å². The predicted octanol–water partition coefficient (Wildman–Crippen LogP) is 5.60. The maximum atomic E-state index is 5.94. The summed E-state index contributed by atoms with van der Waals surface area (Å²) in [6.07, 6.45) is 7.18. The highest BCUT2D eigenvalue weighted by molar-refractivity contribution is 5.64. The lowest BCUT2D eigenvalue weighted by molar-refractivity contribution is 0.483. The van der Waals surface area contributed by atoms with Gasteiger partial charge in [-0.3, -0.25) is 9.97 Å². The Bertz CT molecular complexity index is 854. The molecule has 4 aromatic rings. The fourth-order valence-electron chi connectivity index (χ4n) is 2.66. The monoisotopic (exact) mass is 324 g/mol. The van der Waals surface area contributed by atoms with Gasteiger partial charge in [-0.25, -0.2) is 0 Å². The van der Waals surface area contributed by atoms with Gasteiger partial charge in [0.1, 0.15) is 11.5 Å². The van der Waals surface area contributed by atoms with Gasteiger partial charge in [0.05, 0.1) is 0 Å². The molecule has 0 saturated heterocycles. The fraction of sp³-hybridized carbons (Fsp3) is 0. The van der Waals surface area contributed by atoms with Crippen LogP contribution in [-0.4, -0.2) is 9.97 Å². The third kappa shape index (κ3) is 3.56. The average Bonchev–Trinajstić information content (AvgIpc) is 2.71. The normalized spacial score (nSPS) is 10.4. The van der Waals surface area contributed by atoms with Gasteiger partial charge in [-0.05, 0) is 70.8 Å². The van der Waals surface area contributed by atoms with Crippen LogP contribution in [0, 0.1) is 0 Å². The Kier molecular flexibility index (Phi) is 4.21. The van der Waals surface area contributed by atoms with Crippen LogP contribution in [0.2, 0.25) is 0 Å². The molecule has 0 unspecified atom stereocenters. The van der Waals surface area contributed by atoms with Crippen LogP contribution in [0.5, 0.6) is 11.5 Å². The zero-order valence-electron chi connectivity index (χ0n) is 13.5. The highest BCUT2D eigenvalue weighted by Crippen LogP contribution is 2.27. The van der Waals surface area contributed by atoms with E-state index in [1.165, 1.54) is 0 Å². The number of aromatic nitrogens is 2. The van der Waals surface area contributed by atoms with Gasteiger partial charge in [-0.1, -0.05) is 24.3 Å². The predicted molar refractivity (Wildman–Crippen MR) is 99.4 cm³/mol. The number of hydrogen-bond acceptors (Lipinski definition) is 3. The molecule has 2 aromatic carbocycles. The Morgan fingerprint density at radius 1 is 0.400 bits per heavy atom. The van der Waals surface area contributed by atoms with E-state index in [0.717, 1.165) is 33.8 Å². The van der Waals surface area contributed by atoms with Gasteiger partial charge in [-0.2, -0.15) is 0 Å². The first kappa shape index (κ1) is 15.1. The van der Waals surface area contributed by atoms with E-state index in [0.29, 0.717) is 0 Å². The van der Waals surface area contributed by atoms with Crippen molar-refractivity contribution in [2.45, 2.75) is 0 Å². The Morgan fingerprint density at radius 3 is 1.08 bits per heavy atom. The second-order valence-electron chi connectivity index (χ2n) is 5.62. The van der Waals surface area contributed by atoms with Crippen molar-refractivity contribution >= 4 is 0 Å². The molecule has 0 atom stereocenters. The van der Waals surface area contributed by atoms with Crippen molar-refractivity contribution in [3.8, 4) is 33.8 Å². The highest BCUT2D eigenvalue weighted by atomic mass is 16.5. The van der Waals surface area contributed by atoms with E-state index in [2.05, 4.69) is 34.2 Å². The summed E-state index contributed by atoms with van der Waals surface area (Å²) in [4.78, 5) is 8.09. The molecule has 0 fully saturated rings. The van der Waals surface area contributed by atoms with Crippen LogP contribution in [0.25, 0.3) is 22.3 Å². The number of benzene rings is 2. The van der Waals surface area contributed by atoms with E-state index in [1.54, 1.807) is 24.8 Å². The molecule has 0 bridgehead atoms. The van der Waals surface area contributed by atoms with Gasteiger partial charge in [-0.15, -0.1) is 0 Å². The molecule has 2 aromatic heterocycles. The first-order chi connectivity index (χ1) is 12.4. The van der Waals surface area contributed by atoms with Crippen molar-refractivity contribution in [2.75, 3.05) is 0 Å². The summed E-state index contributed by atoms with van der Waals surface area (Å²) in [6, 6.07) is 24.1. The van der Waals surface area contributed by atoms with Crippen molar-refractivity contribution in [1.82, 2.24) is 9.97 Å². The minimum Gasteiger partial charge on any atom is -0.457 e. The smallest absolute Gasteiger partial charge is 0.127 e. The van der Waals surface area contributed by atoms with Crippen molar-refractivity contribution in [2.24, 2.45) is 0 Å². The van der Waals surface area contributed by atoms with Crippen LogP contribution in [0.1, 0.15) is 0 Å². The first-order valence-electron chi connectivity index (χ1n) is 8.07. The summed E-state index contributed by atoms with van der Waals surface area (Å²) in [5.74, 6) is 1.63. The zero-order chi connectivity index (χ0) is 16.9. The van der Waals surface area contributed by atoms with Crippen LogP contribution < -0.4 is 4.74 Å². The first-order valence-corrected chi connectivity index (χ1v) is 8.07. The summed E-state index contributed by atoms with van der Waals surface area (Å²) in [5, 5.41) is 0. The molecule has 0 aliphatic carbocycles. The Labute approximate surface area is 146 Å². The second-order valence-corrected chi connectivity index (χ2v) is 5.62. The van der Waals surface area contributed by atoms with E-state index in [4.69, 9.17) is 4.74 Å². The third-order valence-corrected chi connectivity index (χ3v) is 3.97. The average molecular weight is 324 g/mol. The van der Waals surface area contributed by atoms with Gasteiger partial charge in [0.15, 0.2) is 0 Å². The van der Waals surface area contributed by atoms with Crippen molar-refractivity contribution < 1.29 is 4.74 Å². The molecule has 0 aliphatic heterocycles. The van der Waals surface area contributed by atoms with Gasteiger partial charge in [0.25, 0.3) is 0 Å². The van der Waals surface area contributed by atoms with Gasteiger partial charge < -0.3 is 4.74 Å². The molecule has 3 nitrogen and oxygen atoms in total. The minimum atomic E-state index is 0.814. The summed E-state index contributed by atoms with van der Waals surface area (Å²) < 4.78 is 5.94. The number of nitrogens with zero attached hydrogens (tertiary/aromatic N) is 2. The lowest BCUT2D eigenvalue weighted by Gasteiger charge is -2.08. The van der Waals surface area contributed by atoms with Crippen LogP contribution in [-0.2, 0) is 0 Å². The summed E-state index contributed by atoms with van der Waals surface area (Å²) in [6.45, 7) is 0. The van der Waals surface area contributed by atoms with E-state index in [1.807, 2.05) is 48.5 Å². The lowest BCUT2D eigenvalue weighted by atomic mass is 10.1. The summed E-state index contributed by atoms with van der Waals surface area (Å²) in [5.41, 5.74) is 4.57. The zero-order valence-corrected chi connectivity index (χ0v) is 13.5. The second kappa shape index (κ2) is 6.97. The quantitative estimate of drug-likeness (QED) is 0.490. The molecule has 3 heteroatoms.